The summed E-state index contributed by atoms with van der Waals surface area (Å²) in [5.74, 6) is 0.144. The van der Waals surface area contributed by atoms with Crippen LogP contribution in [0.5, 0.6) is 0 Å². The van der Waals surface area contributed by atoms with Gasteiger partial charge in [-0.05, 0) is 46.4 Å². The van der Waals surface area contributed by atoms with Gasteiger partial charge in [-0.1, -0.05) is 88.4 Å². The maximum Gasteiger partial charge on any atom is 0.201 e. The molecule has 1 atom stereocenters. The molecule has 0 bridgehead atoms. The fourth-order valence-electron chi connectivity index (χ4n) is 4.63. The molecule has 30 heavy (non-hydrogen) atoms. The van der Waals surface area contributed by atoms with Gasteiger partial charge < -0.3 is 4.74 Å². The van der Waals surface area contributed by atoms with Crippen LogP contribution in [0, 0.1) is 11.3 Å². The van der Waals surface area contributed by atoms with Crippen LogP contribution in [0.4, 0.5) is 0 Å². The van der Waals surface area contributed by atoms with E-state index in [1.54, 1.807) is 0 Å². The minimum Gasteiger partial charge on any atom is -0.344 e. The van der Waals surface area contributed by atoms with Gasteiger partial charge in [-0.25, -0.2) is 9.78 Å². The summed E-state index contributed by atoms with van der Waals surface area (Å²) in [5.41, 5.74) is 4.72. The molecule has 1 heterocycles. The molecule has 2 aliphatic rings. The van der Waals surface area contributed by atoms with Crippen LogP contribution in [-0.4, -0.2) is 18.5 Å². The zero-order chi connectivity index (χ0) is 21.2. The SMILES string of the molecule is C=C(c1ccc(-c2ccccc2)cc1)C1COC2(CCC(C(C)(C)CC)CC2)OO1. The molecule has 0 N–H and O–H groups in total. The van der Waals surface area contributed by atoms with Gasteiger partial charge in [0.05, 0.1) is 6.61 Å². The van der Waals surface area contributed by atoms with E-state index in [-0.39, 0.29) is 6.10 Å². The molecule has 1 unspecified atom stereocenters. The van der Waals surface area contributed by atoms with Crippen molar-refractivity contribution >= 4 is 5.57 Å². The minimum absolute atomic E-state index is 0.275. The molecule has 2 aromatic carbocycles. The lowest BCUT2D eigenvalue weighted by atomic mass is 9.68. The highest BCUT2D eigenvalue weighted by molar-refractivity contribution is 5.71. The Morgan fingerprint density at radius 1 is 1.00 bits per heavy atom. The molecule has 160 valence electrons. The first-order valence-corrected chi connectivity index (χ1v) is 11.3. The molecule has 0 amide bonds. The van der Waals surface area contributed by atoms with Crippen molar-refractivity contribution < 1.29 is 14.5 Å². The Morgan fingerprint density at radius 2 is 1.63 bits per heavy atom. The predicted octanol–water partition coefficient (Wildman–Crippen LogP) is 7.04. The van der Waals surface area contributed by atoms with Gasteiger partial charge in [0.2, 0.25) is 5.79 Å². The van der Waals surface area contributed by atoms with E-state index in [4.69, 9.17) is 14.5 Å². The first kappa shape index (κ1) is 21.3. The average Bonchev–Trinajstić information content (AvgIpc) is 2.80. The molecule has 1 aliphatic heterocycles. The zero-order valence-electron chi connectivity index (χ0n) is 18.5. The van der Waals surface area contributed by atoms with Gasteiger partial charge in [-0.15, -0.1) is 0 Å². The van der Waals surface area contributed by atoms with Gasteiger partial charge in [0.15, 0.2) is 0 Å². The molecule has 0 aromatic heterocycles. The third-order valence-electron chi connectivity index (χ3n) is 7.33. The van der Waals surface area contributed by atoms with Crippen LogP contribution in [0.1, 0.15) is 58.4 Å². The van der Waals surface area contributed by atoms with Crippen LogP contribution < -0.4 is 0 Å². The monoisotopic (exact) mass is 406 g/mol. The lowest BCUT2D eigenvalue weighted by molar-refractivity contribution is -0.484. The van der Waals surface area contributed by atoms with Gasteiger partial charge in [-0.3, -0.25) is 0 Å². The second-order valence-electron chi connectivity index (χ2n) is 9.47. The topological polar surface area (TPSA) is 27.7 Å². The fraction of sp³-hybridized carbons (Fsp3) is 0.481. The normalized spacial score (nSPS) is 27.2. The van der Waals surface area contributed by atoms with Crippen molar-refractivity contribution in [2.24, 2.45) is 11.3 Å². The highest BCUT2D eigenvalue weighted by Gasteiger charge is 2.45. The Labute approximate surface area is 181 Å². The summed E-state index contributed by atoms with van der Waals surface area (Å²) < 4.78 is 6.24. The van der Waals surface area contributed by atoms with Gasteiger partial charge in [0, 0.05) is 12.8 Å². The lowest BCUT2D eigenvalue weighted by Gasteiger charge is -2.46. The van der Waals surface area contributed by atoms with Crippen LogP contribution >= 0.6 is 0 Å². The summed E-state index contributed by atoms with van der Waals surface area (Å²) in [5, 5.41) is 0. The van der Waals surface area contributed by atoms with E-state index < -0.39 is 5.79 Å². The second-order valence-corrected chi connectivity index (χ2v) is 9.47. The molecule has 4 rings (SSSR count). The van der Waals surface area contributed by atoms with E-state index in [0.29, 0.717) is 12.0 Å². The summed E-state index contributed by atoms with van der Waals surface area (Å²) in [6.07, 6.45) is 4.96. The predicted molar refractivity (Wildman–Crippen MR) is 122 cm³/mol. The van der Waals surface area contributed by atoms with E-state index in [1.807, 2.05) is 6.07 Å². The van der Waals surface area contributed by atoms with Crippen LogP contribution in [0.3, 0.4) is 0 Å². The first-order valence-electron chi connectivity index (χ1n) is 11.3. The van der Waals surface area contributed by atoms with E-state index in [0.717, 1.165) is 42.7 Å². The molecular weight excluding hydrogens is 372 g/mol. The van der Waals surface area contributed by atoms with Crippen LogP contribution in [0.25, 0.3) is 16.7 Å². The molecule has 1 aliphatic carbocycles. The maximum atomic E-state index is 6.24. The summed E-state index contributed by atoms with van der Waals surface area (Å²) in [6, 6.07) is 18.8. The quantitative estimate of drug-likeness (QED) is 0.499. The van der Waals surface area contributed by atoms with Gasteiger partial charge in [-0.2, -0.15) is 0 Å². The number of benzene rings is 2. The Kier molecular flexibility index (Phi) is 6.15. The molecular formula is C27H34O3. The maximum absolute atomic E-state index is 6.24. The number of rotatable bonds is 5. The van der Waals surface area contributed by atoms with Gasteiger partial charge in [0.25, 0.3) is 0 Å². The van der Waals surface area contributed by atoms with Gasteiger partial charge >= 0.3 is 0 Å². The highest BCUT2D eigenvalue weighted by Crippen LogP contribution is 2.46. The third-order valence-corrected chi connectivity index (χ3v) is 7.33. The molecule has 1 spiro atoms. The molecule has 3 nitrogen and oxygen atoms in total. The smallest absolute Gasteiger partial charge is 0.201 e. The van der Waals surface area contributed by atoms with Gasteiger partial charge in [0.1, 0.15) is 6.10 Å². The Hall–Kier alpha value is -1.94. The number of hydrogen-bond donors (Lipinski definition) is 0. The van der Waals surface area contributed by atoms with E-state index in [1.165, 1.54) is 17.5 Å². The van der Waals surface area contributed by atoms with Crippen LogP contribution in [0.15, 0.2) is 61.2 Å². The molecule has 2 aromatic rings. The first-order chi connectivity index (χ1) is 14.4. The summed E-state index contributed by atoms with van der Waals surface area (Å²) in [6.45, 7) is 11.8. The Morgan fingerprint density at radius 3 is 2.20 bits per heavy atom. The Balaban J connectivity index is 1.34. The number of hydrogen-bond acceptors (Lipinski definition) is 3. The van der Waals surface area contributed by atoms with Crippen molar-refractivity contribution in [3.8, 4) is 11.1 Å². The van der Waals surface area contributed by atoms with Crippen molar-refractivity contribution in [1.29, 1.82) is 0 Å². The van der Waals surface area contributed by atoms with Crippen LogP contribution in [0.2, 0.25) is 0 Å². The lowest BCUT2D eigenvalue weighted by Crippen LogP contribution is -2.48. The largest absolute Gasteiger partial charge is 0.344 e. The van der Waals surface area contributed by atoms with Crippen LogP contribution in [-0.2, 0) is 14.5 Å². The zero-order valence-corrected chi connectivity index (χ0v) is 18.5. The molecule has 2 fully saturated rings. The Bertz CT molecular complexity index is 835. The summed E-state index contributed by atoms with van der Waals surface area (Å²) >= 11 is 0. The average molecular weight is 407 g/mol. The van der Waals surface area contributed by atoms with Crippen molar-refractivity contribution in [2.75, 3.05) is 6.61 Å². The van der Waals surface area contributed by atoms with Crippen molar-refractivity contribution in [3.05, 3.63) is 66.7 Å². The van der Waals surface area contributed by atoms with E-state index in [2.05, 4.69) is 75.9 Å². The molecule has 0 radical (unpaired) electrons. The minimum atomic E-state index is -0.575. The van der Waals surface area contributed by atoms with Crippen molar-refractivity contribution in [2.45, 2.75) is 64.8 Å². The third kappa shape index (κ3) is 4.39. The number of ether oxygens (including phenoxy) is 1. The van der Waals surface area contributed by atoms with Crippen molar-refractivity contribution in [1.82, 2.24) is 0 Å². The fourth-order valence-corrected chi connectivity index (χ4v) is 4.63. The van der Waals surface area contributed by atoms with E-state index >= 15 is 0 Å². The van der Waals surface area contributed by atoms with Crippen molar-refractivity contribution in [3.63, 3.8) is 0 Å². The van der Waals surface area contributed by atoms with E-state index in [9.17, 15) is 0 Å². The highest BCUT2D eigenvalue weighted by atomic mass is 17.2. The summed E-state index contributed by atoms with van der Waals surface area (Å²) in [7, 11) is 0. The molecule has 1 saturated carbocycles. The molecule has 3 heteroatoms. The summed E-state index contributed by atoms with van der Waals surface area (Å²) in [4.78, 5) is 11.7. The second kappa shape index (κ2) is 8.66. The standard InChI is InChI=1S/C27H34O3/c1-5-26(3,4)24-15-17-27(18-16-24)28-19-25(29-30-27)20(2)21-11-13-23(14-12-21)22-9-7-6-8-10-22/h6-14,24-25H,2,5,15-19H2,1,3-4H3. The molecule has 1 saturated heterocycles.